The molecule has 0 fully saturated rings. The largest absolute Gasteiger partial charge is 0.413 e. The molecule has 0 spiro atoms. The number of benzene rings is 2. The molecular formula is C26H43ClF2O2Si2. The van der Waals surface area contributed by atoms with Gasteiger partial charge < -0.3 is 9.53 Å². The zero-order valence-electron chi connectivity index (χ0n) is 22.0. The van der Waals surface area contributed by atoms with Crippen molar-refractivity contribution in [2.45, 2.75) is 91.0 Å². The molecule has 0 radical (unpaired) electrons. The van der Waals surface area contributed by atoms with E-state index in [0.29, 0.717) is 11.6 Å². The van der Waals surface area contributed by atoms with Crippen LogP contribution in [0.5, 0.6) is 0 Å². The van der Waals surface area contributed by atoms with Crippen molar-refractivity contribution >= 4 is 26.8 Å². The lowest BCUT2D eigenvalue weighted by Gasteiger charge is -2.36. The maximum Gasteiger partial charge on any atom is 0.192 e. The Hall–Kier alpha value is -1.06. The van der Waals surface area contributed by atoms with Crippen LogP contribution < -0.4 is 0 Å². The van der Waals surface area contributed by atoms with Gasteiger partial charge in [0.05, 0.1) is 13.2 Å². The molecule has 7 heteroatoms. The van der Waals surface area contributed by atoms with Gasteiger partial charge >= 0.3 is 0 Å². The lowest BCUT2D eigenvalue weighted by molar-refractivity contribution is 0.276. The van der Waals surface area contributed by atoms with Gasteiger partial charge in [0.1, 0.15) is 11.6 Å². The molecule has 2 rings (SSSR count). The van der Waals surface area contributed by atoms with E-state index < -0.39 is 15.7 Å². The second-order valence-corrected chi connectivity index (χ2v) is 23.3. The van der Waals surface area contributed by atoms with Crippen molar-refractivity contribution in [1.29, 1.82) is 0 Å². The van der Waals surface area contributed by atoms with E-state index in [1.807, 2.05) is 0 Å². The molecular weight excluding hydrogens is 474 g/mol. The molecule has 0 aliphatic rings. The van der Waals surface area contributed by atoms with E-state index >= 15 is 0 Å². The summed E-state index contributed by atoms with van der Waals surface area (Å²) >= 11 is 6.15. The van der Waals surface area contributed by atoms with Crippen LogP contribution in [0.3, 0.4) is 0 Å². The minimum Gasteiger partial charge on any atom is -0.413 e. The Kier molecular flexibility index (Phi) is 12.7. The molecule has 2 aromatic carbocycles. The van der Waals surface area contributed by atoms with E-state index in [1.165, 1.54) is 24.3 Å². The summed E-state index contributed by atoms with van der Waals surface area (Å²) in [6, 6.07) is 12.3. The van der Waals surface area contributed by atoms with Gasteiger partial charge in [0.2, 0.25) is 0 Å². The second-order valence-electron chi connectivity index (χ2n) is 11.2. The molecule has 0 saturated carbocycles. The minimum absolute atomic E-state index is 0.0275. The lowest BCUT2D eigenvalue weighted by atomic mass is 10.2. The zero-order chi connectivity index (χ0) is 26.1. The summed E-state index contributed by atoms with van der Waals surface area (Å²) in [4.78, 5) is 0. The van der Waals surface area contributed by atoms with Gasteiger partial charge in [-0.3, -0.25) is 0 Å². The molecule has 0 amide bonds. The number of aliphatic hydroxyl groups excluding tert-OH is 1. The van der Waals surface area contributed by atoms with Crippen LogP contribution in [0, 0.1) is 11.6 Å². The Balaban J connectivity index is 0.000000511. The number of halogens is 3. The fourth-order valence-electron chi connectivity index (χ4n) is 1.65. The summed E-state index contributed by atoms with van der Waals surface area (Å²) in [5, 5.41) is 9.06. The van der Waals surface area contributed by atoms with Gasteiger partial charge in [-0.1, -0.05) is 78.9 Å². The molecule has 0 unspecified atom stereocenters. The molecule has 2 aromatic rings. The first-order valence-electron chi connectivity index (χ1n) is 11.2. The molecule has 0 aliphatic carbocycles. The fourth-order valence-corrected chi connectivity index (χ4v) is 2.61. The second kappa shape index (κ2) is 13.1. The number of hydrogen-bond acceptors (Lipinski definition) is 2. The summed E-state index contributed by atoms with van der Waals surface area (Å²) < 4.78 is 30.9. The summed E-state index contributed by atoms with van der Waals surface area (Å²) in [7, 11) is -3.08. The minimum atomic E-state index is -1.70. The normalized spacial score (nSPS) is 12.3. The predicted molar refractivity (Wildman–Crippen MR) is 144 cm³/mol. The highest BCUT2D eigenvalue weighted by molar-refractivity contribution is 7.20. The first kappa shape index (κ1) is 31.9. The van der Waals surface area contributed by atoms with Crippen molar-refractivity contribution < 1.29 is 18.3 Å². The first-order chi connectivity index (χ1) is 14.8. The van der Waals surface area contributed by atoms with Crippen LogP contribution in [-0.2, 0) is 17.6 Å². The van der Waals surface area contributed by atoms with E-state index in [1.54, 1.807) is 24.3 Å². The van der Waals surface area contributed by atoms with Gasteiger partial charge in [-0.05, 0) is 58.6 Å². The summed E-state index contributed by atoms with van der Waals surface area (Å²) in [5.74, 6) is -0.469. The molecule has 188 valence electrons. The molecule has 0 atom stereocenters. The molecule has 0 saturated heterocycles. The Bertz CT molecular complexity index is 793. The highest BCUT2D eigenvalue weighted by Crippen LogP contribution is 2.38. The van der Waals surface area contributed by atoms with Gasteiger partial charge in [-0.15, -0.1) is 0 Å². The van der Waals surface area contributed by atoms with E-state index in [2.05, 4.69) is 67.7 Å². The lowest BCUT2D eigenvalue weighted by Crippen LogP contribution is -2.40. The van der Waals surface area contributed by atoms with Crippen LogP contribution in [0.25, 0.3) is 0 Å². The van der Waals surface area contributed by atoms with Crippen LogP contribution in [0.4, 0.5) is 8.78 Å². The van der Waals surface area contributed by atoms with Gasteiger partial charge in [0.15, 0.2) is 15.7 Å². The number of hydrogen-bond donors (Lipinski definition) is 1. The van der Waals surface area contributed by atoms with Crippen LogP contribution in [0.15, 0.2) is 48.5 Å². The molecule has 1 N–H and O–H groups in total. The predicted octanol–water partition coefficient (Wildman–Crippen LogP) is 8.90. The van der Waals surface area contributed by atoms with Gasteiger partial charge in [0, 0.05) is 0 Å². The highest BCUT2D eigenvalue weighted by Gasteiger charge is 2.37. The average molecular weight is 517 g/mol. The monoisotopic (exact) mass is 516 g/mol. The third-order valence-electron chi connectivity index (χ3n) is 6.20. The van der Waals surface area contributed by atoms with Crippen LogP contribution in [-0.4, -0.2) is 20.8 Å². The quantitative estimate of drug-likeness (QED) is 0.324. The fraction of sp³-hybridized carbons (Fsp3) is 0.538. The van der Waals surface area contributed by atoms with Crippen LogP contribution >= 0.6 is 11.1 Å². The van der Waals surface area contributed by atoms with E-state index in [0.717, 1.165) is 11.1 Å². The van der Waals surface area contributed by atoms with Crippen LogP contribution in [0.1, 0.15) is 52.7 Å². The Morgan fingerprint density at radius 3 is 1.33 bits per heavy atom. The van der Waals surface area contributed by atoms with Crippen LogP contribution in [0.2, 0.25) is 36.3 Å². The Morgan fingerprint density at radius 2 is 1.06 bits per heavy atom. The van der Waals surface area contributed by atoms with Crippen molar-refractivity contribution in [3.63, 3.8) is 0 Å². The maximum atomic E-state index is 12.7. The van der Waals surface area contributed by atoms with Crippen molar-refractivity contribution in [3.05, 3.63) is 71.3 Å². The Labute approximate surface area is 207 Å². The molecule has 0 heterocycles. The summed E-state index contributed by atoms with van der Waals surface area (Å²) in [5.41, 5.74) is 1.77. The van der Waals surface area contributed by atoms with E-state index in [9.17, 15) is 8.78 Å². The van der Waals surface area contributed by atoms with Gasteiger partial charge in [0.25, 0.3) is 0 Å². The third-order valence-corrected chi connectivity index (χ3v) is 15.9. The van der Waals surface area contributed by atoms with Gasteiger partial charge in [-0.25, -0.2) is 8.78 Å². The Morgan fingerprint density at radius 1 is 0.727 bits per heavy atom. The molecule has 0 bridgehead atoms. The SMILES string of the molecule is CC(C)(C)[Si](C)(C)Cl.CC(C)(C)[Si](C)(C)OCc1ccc(F)cc1.OCc1ccc(F)cc1. The van der Waals surface area contributed by atoms with Crippen molar-refractivity contribution in [1.82, 2.24) is 0 Å². The number of aliphatic hydroxyl groups is 1. The molecule has 0 aromatic heterocycles. The molecule has 33 heavy (non-hydrogen) atoms. The molecule has 2 nitrogen and oxygen atoms in total. The van der Waals surface area contributed by atoms with Crippen molar-refractivity contribution in [3.8, 4) is 0 Å². The zero-order valence-corrected chi connectivity index (χ0v) is 24.8. The number of rotatable bonds is 4. The van der Waals surface area contributed by atoms with E-state index in [-0.39, 0.29) is 23.3 Å². The molecule has 0 aliphatic heterocycles. The maximum absolute atomic E-state index is 12.7. The van der Waals surface area contributed by atoms with Gasteiger partial charge in [-0.2, -0.15) is 11.1 Å². The van der Waals surface area contributed by atoms with E-state index in [4.69, 9.17) is 20.6 Å². The van der Waals surface area contributed by atoms with Crippen molar-refractivity contribution in [2.24, 2.45) is 0 Å². The topological polar surface area (TPSA) is 29.5 Å². The summed E-state index contributed by atoms with van der Waals surface area (Å²) in [6.45, 7) is 22.6. The first-order valence-corrected chi connectivity index (χ1v) is 18.1. The standard InChI is InChI=1S/C13H21FOSi.C7H7FO.C6H15ClSi/c1-13(2,3)16(4,5)15-10-11-6-8-12(14)9-7-11;8-7-3-1-6(5-9)2-4-7;1-6(2,3)8(4,5)7/h6-9H,10H2,1-5H3;1-4,9H,5H2;1-5H3. The summed E-state index contributed by atoms with van der Waals surface area (Å²) in [6.07, 6.45) is 0. The third kappa shape index (κ3) is 12.8. The van der Waals surface area contributed by atoms with Crippen molar-refractivity contribution in [2.75, 3.05) is 0 Å². The average Bonchev–Trinajstić information content (AvgIpc) is 2.67. The highest BCUT2D eigenvalue weighted by atomic mass is 35.6. The smallest absolute Gasteiger partial charge is 0.192 e.